The van der Waals surface area contributed by atoms with E-state index in [0.29, 0.717) is 5.56 Å². The molecule has 0 saturated carbocycles. The topological polar surface area (TPSA) is 110 Å². The molecule has 0 aliphatic carbocycles. The molecular formula is C21H27N3O5S. The van der Waals surface area contributed by atoms with E-state index in [1.54, 1.807) is 6.92 Å². The predicted molar refractivity (Wildman–Crippen MR) is 117 cm³/mol. The Kier molecular flexibility index (Phi) is 6.87. The van der Waals surface area contributed by atoms with Gasteiger partial charge in [-0.05, 0) is 51.3 Å². The van der Waals surface area contributed by atoms with Crippen molar-refractivity contribution in [2.45, 2.75) is 46.7 Å². The lowest BCUT2D eigenvalue weighted by atomic mass is 10.00. The fourth-order valence-electron chi connectivity index (χ4n) is 3.45. The molecule has 2 atom stereocenters. The Balaban J connectivity index is 2.38. The average Bonchev–Trinajstić information content (AvgIpc) is 2.61. The zero-order chi connectivity index (χ0) is 22.8. The second-order valence-corrected chi connectivity index (χ2v) is 9.41. The molecule has 0 saturated heterocycles. The summed E-state index contributed by atoms with van der Waals surface area (Å²) in [5, 5.41) is 14.0. The van der Waals surface area contributed by atoms with Crippen LogP contribution < -0.4 is 9.62 Å². The molecular weight excluding hydrogens is 406 g/mol. The summed E-state index contributed by atoms with van der Waals surface area (Å²) >= 11 is 0. The van der Waals surface area contributed by atoms with Crippen LogP contribution in [0.2, 0.25) is 0 Å². The summed E-state index contributed by atoms with van der Waals surface area (Å²) in [5.41, 5.74) is 3.42. The molecule has 9 heteroatoms. The number of amides is 1. The number of sulfonamides is 1. The minimum Gasteiger partial charge on any atom is -0.348 e. The lowest BCUT2D eigenvalue weighted by Gasteiger charge is -2.30. The molecule has 0 aromatic heterocycles. The normalized spacial score (nSPS) is 13.4. The van der Waals surface area contributed by atoms with E-state index >= 15 is 0 Å². The number of nitro groups is 1. The van der Waals surface area contributed by atoms with Gasteiger partial charge in [0.25, 0.3) is 5.69 Å². The molecule has 0 spiro atoms. The third-order valence-electron chi connectivity index (χ3n) is 4.98. The van der Waals surface area contributed by atoms with Crippen molar-refractivity contribution in [2.24, 2.45) is 0 Å². The molecule has 0 aliphatic rings. The van der Waals surface area contributed by atoms with E-state index in [9.17, 15) is 23.3 Å². The number of carbonyl (C=O) groups excluding carboxylic acids is 1. The van der Waals surface area contributed by atoms with Crippen LogP contribution in [0.15, 0.2) is 36.4 Å². The van der Waals surface area contributed by atoms with Gasteiger partial charge in [-0.1, -0.05) is 29.8 Å². The Morgan fingerprint density at radius 2 is 1.70 bits per heavy atom. The van der Waals surface area contributed by atoms with Crippen LogP contribution in [0.1, 0.15) is 42.1 Å². The van der Waals surface area contributed by atoms with Crippen LogP contribution in [0, 0.1) is 30.9 Å². The highest BCUT2D eigenvalue weighted by Crippen LogP contribution is 2.29. The summed E-state index contributed by atoms with van der Waals surface area (Å²) < 4.78 is 26.0. The Bertz CT molecular complexity index is 1080. The Morgan fingerprint density at radius 1 is 1.07 bits per heavy atom. The van der Waals surface area contributed by atoms with E-state index in [-0.39, 0.29) is 17.4 Å². The van der Waals surface area contributed by atoms with Crippen LogP contribution in [-0.4, -0.2) is 31.5 Å². The van der Waals surface area contributed by atoms with E-state index in [1.807, 2.05) is 39.0 Å². The Labute approximate surface area is 177 Å². The number of hydrogen-bond acceptors (Lipinski definition) is 5. The maximum Gasteiger partial charge on any atom is 0.271 e. The van der Waals surface area contributed by atoms with Crippen molar-refractivity contribution in [3.63, 3.8) is 0 Å². The van der Waals surface area contributed by atoms with Gasteiger partial charge in [0.05, 0.1) is 22.9 Å². The van der Waals surface area contributed by atoms with E-state index in [0.717, 1.165) is 27.3 Å². The van der Waals surface area contributed by atoms with Gasteiger partial charge >= 0.3 is 0 Å². The highest BCUT2D eigenvalue weighted by molar-refractivity contribution is 7.92. The zero-order valence-electron chi connectivity index (χ0n) is 18.0. The summed E-state index contributed by atoms with van der Waals surface area (Å²) in [7, 11) is -3.89. The number of non-ortho nitro benzene ring substituents is 1. The third kappa shape index (κ3) is 5.15. The van der Waals surface area contributed by atoms with Gasteiger partial charge in [0.15, 0.2) is 0 Å². The van der Waals surface area contributed by atoms with Gasteiger partial charge in [0.2, 0.25) is 15.9 Å². The summed E-state index contributed by atoms with van der Waals surface area (Å²) in [6.45, 7) is 8.85. The van der Waals surface area contributed by atoms with Gasteiger partial charge in [0, 0.05) is 12.1 Å². The quantitative estimate of drug-likeness (QED) is 0.530. The molecule has 0 bridgehead atoms. The first-order chi connectivity index (χ1) is 13.8. The first-order valence-electron chi connectivity index (χ1n) is 9.45. The fourth-order valence-corrected chi connectivity index (χ4v) is 4.68. The highest BCUT2D eigenvalue weighted by atomic mass is 32.2. The highest BCUT2D eigenvalue weighted by Gasteiger charge is 2.32. The molecule has 1 amide bonds. The zero-order valence-corrected chi connectivity index (χ0v) is 18.8. The van der Waals surface area contributed by atoms with Crippen LogP contribution in [0.5, 0.6) is 0 Å². The number of aryl methyl sites for hydroxylation is 3. The first kappa shape index (κ1) is 23.3. The number of nitro benzene ring substituents is 1. The summed E-state index contributed by atoms with van der Waals surface area (Å²) in [6, 6.07) is 8.39. The van der Waals surface area contributed by atoms with Crippen molar-refractivity contribution >= 4 is 27.3 Å². The standard InChI is InChI=1S/C21H27N3O5S/c1-13-7-10-19(15(3)11-13)16(4)22-21(25)17(5)23(30(6,28)29)20-12-18(24(26)27)9-8-14(20)2/h7-12,16-17H,1-6H3,(H,22,25)/t16-,17+/m1/s1. The Hall–Kier alpha value is -2.94. The SMILES string of the molecule is Cc1ccc([C@@H](C)NC(=O)[C@H](C)N(c2cc([N+](=O)[O-])ccc2C)S(C)(=O)=O)c(C)c1. The number of anilines is 1. The summed E-state index contributed by atoms with van der Waals surface area (Å²) in [5.74, 6) is -0.501. The van der Waals surface area contributed by atoms with Crippen LogP contribution in [0.3, 0.4) is 0 Å². The fraction of sp³-hybridized carbons (Fsp3) is 0.381. The maximum absolute atomic E-state index is 12.9. The number of rotatable bonds is 7. The monoisotopic (exact) mass is 433 g/mol. The molecule has 162 valence electrons. The van der Waals surface area contributed by atoms with Gasteiger partial charge < -0.3 is 5.32 Å². The van der Waals surface area contributed by atoms with Gasteiger partial charge in [-0.3, -0.25) is 19.2 Å². The predicted octanol–water partition coefficient (Wildman–Crippen LogP) is 3.55. The van der Waals surface area contributed by atoms with Crippen molar-refractivity contribution in [1.82, 2.24) is 5.32 Å². The number of hydrogen-bond donors (Lipinski definition) is 1. The number of benzene rings is 2. The van der Waals surface area contributed by atoms with Gasteiger partial charge in [0.1, 0.15) is 6.04 Å². The smallest absolute Gasteiger partial charge is 0.271 e. The van der Waals surface area contributed by atoms with Gasteiger partial charge in [-0.15, -0.1) is 0 Å². The largest absolute Gasteiger partial charge is 0.348 e. The van der Waals surface area contributed by atoms with E-state index < -0.39 is 26.9 Å². The van der Waals surface area contributed by atoms with Crippen molar-refractivity contribution in [1.29, 1.82) is 0 Å². The van der Waals surface area contributed by atoms with Crippen LogP contribution in [0.25, 0.3) is 0 Å². The second-order valence-electron chi connectivity index (χ2n) is 7.55. The van der Waals surface area contributed by atoms with Gasteiger partial charge in [-0.25, -0.2) is 8.42 Å². The molecule has 2 aromatic carbocycles. The average molecular weight is 434 g/mol. The molecule has 0 heterocycles. The van der Waals surface area contributed by atoms with Crippen molar-refractivity contribution in [3.8, 4) is 0 Å². The van der Waals surface area contributed by atoms with E-state index in [4.69, 9.17) is 0 Å². The molecule has 2 aromatic rings. The van der Waals surface area contributed by atoms with E-state index in [1.165, 1.54) is 25.1 Å². The van der Waals surface area contributed by atoms with Crippen LogP contribution in [-0.2, 0) is 14.8 Å². The van der Waals surface area contributed by atoms with Crippen LogP contribution in [0.4, 0.5) is 11.4 Å². The molecule has 0 radical (unpaired) electrons. The molecule has 0 aliphatic heterocycles. The first-order valence-corrected chi connectivity index (χ1v) is 11.3. The molecule has 0 fully saturated rings. The number of nitrogens with zero attached hydrogens (tertiary/aromatic N) is 2. The van der Waals surface area contributed by atoms with Crippen molar-refractivity contribution < 1.29 is 18.1 Å². The Morgan fingerprint density at radius 3 is 2.23 bits per heavy atom. The number of carbonyl (C=O) groups is 1. The van der Waals surface area contributed by atoms with Crippen LogP contribution >= 0.6 is 0 Å². The minimum absolute atomic E-state index is 0.105. The maximum atomic E-state index is 12.9. The number of nitrogens with one attached hydrogen (secondary N) is 1. The minimum atomic E-state index is -3.89. The molecule has 1 N–H and O–H groups in total. The molecule has 0 unspecified atom stereocenters. The molecule has 2 rings (SSSR count). The molecule has 30 heavy (non-hydrogen) atoms. The lowest BCUT2D eigenvalue weighted by molar-refractivity contribution is -0.384. The summed E-state index contributed by atoms with van der Waals surface area (Å²) in [4.78, 5) is 23.5. The molecule has 8 nitrogen and oxygen atoms in total. The van der Waals surface area contributed by atoms with Crippen molar-refractivity contribution in [2.75, 3.05) is 10.6 Å². The van der Waals surface area contributed by atoms with Gasteiger partial charge in [-0.2, -0.15) is 0 Å². The third-order valence-corrected chi connectivity index (χ3v) is 6.21. The van der Waals surface area contributed by atoms with E-state index in [2.05, 4.69) is 5.32 Å². The van der Waals surface area contributed by atoms with Crippen molar-refractivity contribution in [3.05, 3.63) is 68.8 Å². The second kappa shape index (κ2) is 8.83. The lowest BCUT2D eigenvalue weighted by Crippen LogP contribution is -2.48. The summed E-state index contributed by atoms with van der Waals surface area (Å²) in [6.07, 6.45) is 0.975.